The third-order valence-corrected chi connectivity index (χ3v) is 5.35. The minimum atomic E-state index is -0.617. The van der Waals surface area contributed by atoms with Crippen LogP contribution in [0, 0.1) is 10.1 Å². The summed E-state index contributed by atoms with van der Waals surface area (Å²) in [5.74, 6) is -0.0469. The Bertz CT molecular complexity index is 1070. The molecule has 154 valence electrons. The van der Waals surface area contributed by atoms with Gasteiger partial charge >= 0.3 is 0 Å². The Kier molecular flexibility index (Phi) is 6.33. The van der Waals surface area contributed by atoms with Gasteiger partial charge in [-0.3, -0.25) is 25.1 Å². The zero-order chi connectivity index (χ0) is 21.8. The molecule has 1 heterocycles. The largest absolute Gasteiger partial charge is 0.493 e. The normalized spacial score (nSPS) is 14.7. The molecule has 0 aliphatic carbocycles. The van der Waals surface area contributed by atoms with Gasteiger partial charge in [0.1, 0.15) is 0 Å². The first kappa shape index (κ1) is 21.3. The van der Waals surface area contributed by atoms with E-state index >= 15 is 0 Å². The number of hydrogen-bond donors (Lipinski definition) is 1. The first-order chi connectivity index (χ1) is 14.3. The van der Waals surface area contributed by atoms with Crippen molar-refractivity contribution >= 4 is 51.9 Å². The van der Waals surface area contributed by atoms with Crippen molar-refractivity contribution in [1.82, 2.24) is 10.4 Å². The molecule has 0 spiro atoms. The van der Waals surface area contributed by atoms with Crippen LogP contribution in [0.5, 0.6) is 11.5 Å². The van der Waals surface area contributed by atoms with E-state index in [2.05, 4.69) is 5.43 Å². The van der Waals surface area contributed by atoms with Crippen LogP contribution in [0.1, 0.15) is 15.9 Å². The number of rotatable bonds is 6. The molecule has 1 aliphatic heterocycles. The number of amides is 2. The van der Waals surface area contributed by atoms with Gasteiger partial charge in [0.15, 0.2) is 15.8 Å². The van der Waals surface area contributed by atoms with Crippen LogP contribution in [-0.2, 0) is 4.79 Å². The molecular weight excluding hydrogens is 430 g/mol. The van der Waals surface area contributed by atoms with Gasteiger partial charge in [-0.2, -0.15) is 5.01 Å². The average molecular weight is 445 g/mol. The number of nitrogens with zero attached hydrogens (tertiary/aromatic N) is 2. The van der Waals surface area contributed by atoms with Crippen molar-refractivity contribution in [3.63, 3.8) is 0 Å². The minimum Gasteiger partial charge on any atom is -0.493 e. The first-order valence-corrected chi connectivity index (χ1v) is 9.62. The summed E-state index contributed by atoms with van der Waals surface area (Å²) >= 11 is 6.24. The highest BCUT2D eigenvalue weighted by molar-refractivity contribution is 8.26. The highest BCUT2D eigenvalue weighted by atomic mass is 32.2. The summed E-state index contributed by atoms with van der Waals surface area (Å²) in [6.45, 7) is 0. The maximum Gasteiger partial charge on any atom is 0.285 e. The first-order valence-electron chi connectivity index (χ1n) is 8.39. The highest BCUT2D eigenvalue weighted by Crippen LogP contribution is 2.34. The minimum absolute atomic E-state index is 0.144. The SMILES string of the molecule is COc1ccc(/C=C2/SC(=S)N(NC(=O)c3ccc([N+](=O)[O-])cc3)C2=O)cc1OC. The quantitative estimate of drug-likeness (QED) is 0.312. The zero-order valence-corrected chi connectivity index (χ0v) is 17.4. The number of nitro benzene ring substituents is 1. The van der Waals surface area contributed by atoms with Crippen LogP contribution < -0.4 is 14.9 Å². The number of benzene rings is 2. The second-order valence-electron chi connectivity index (χ2n) is 5.88. The van der Waals surface area contributed by atoms with Crippen molar-refractivity contribution in [1.29, 1.82) is 0 Å². The van der Waals surface area contributed by atoms with Crippen molar-refractivity contribution in [3.05, 3.63) is 68.6 Å². The molecule has 2 aromatic rings. The van der Waals surface area contributed by atoms with E-state index in [0.717, 1.165) is 16.8 Å². The predicted octanol–water partition coefficient (Wildman–Crippen LogP) is 3.16. The maximum atomic E-state index is 12.7. The van der Waals surface area contributed by atoms with E-state index < -0.39 is 16.7 Å². The second kappa shape index (κ2) is 8.93. The van der Waals surface area contributed by atoms with Gasteiger partial charge in [0.25, 0.3) is 17.5 Å². The number of hydrazine groups is 1. The van der Waals surface area contributed by atoms with Gasteiger partial charge in [-0.1, -0.05) is 17.8 Å². The molecule has 0 atom stereocenters. The Hall–Kier alpha value is -3.44. The van der Waals surface area contributed by atoms with E-state index in [4.69, 9.17) is 21.7 Å². The van der Waals surface area contributed by atoms with Crippen LogP contribution in [0.3, 0.4) is 0 Å². The zero-order valence-electron chi connectivity index (χ0n) is 15.8. The van der Waals surface area contributed by atoms with Crippen LogP contribution in [0.4, 0.5) is 5.69 Å². The smallest absolute Gasteiger partial charge is 0.285 e. The Labute approximate surface area is 180 Å². The number of ether oxygens (including phenoxy) is 2. The van der Waals surface area contributed by atoms with Gasteiger partial charge in [0.05, 0.1) is 24.0 Å². The van der Waals surface area contributed by atoms with Crippen LogP contribution in [0.15, 0.2) is 47.4 Å². The number of hydrogen-bond acceptors (Lipinski definition) is 8. The van der Waals surface area contributed by atoms with Gasteiger partial charge in [-0.15, -0.1) is 0 Å². The number of nitrogens with one attached hydrogen (secondary N) is 1. The number of nitro groups is 1. The third kappa shape index (κ3) is 4.42. The molecule has 2 aromatic carbocycles. The third-order valence-electron chi connectivity index (χ3n) is 4.05. The average Bonchev–Trinajstić information content (AvgIpc) is 3.00. The summed E-state index contributed by atoms with van der Waals surface area (Å²) in [4.78, 5) is 35.6. The Morgan fingerprint density at radius 2 is 1.83 bits per heavy atom. The highest BCUT2D eigenvalue weighted by Gasteiger charge is 2.34. The molecule has 0 bridgehead atoms. The fourth-order valence-corrected chi connectivity index (χ4v) is 3.74. The number of thioether (sulfide) groups is 1. The Morgan fingerprint density at radius 3 is 2.43 bits per heavy atom. The summed E-state index contributed by atoms with van der Waals surface area (Å²) in [6.07, 6.45) is 1.62. The van der Waals surface area contributed by atoms with E-state index in [1.165, 1.54) is 38.5 Å². The van der Waals surface area contributed by atoms with E-state index in [1.54, 1.807) is 24.3 Å². The molecule has 3 rings (SSSR count). The molecule has 2 amide bonds. The van der Waals surface area contributed by atoms with E-state index in [1.807, 2.05) is 0 Å². The number of methoxy groups -OCH3 is 2. The van der Waals surface area contributed by atoms with Crippen molar-refractivity contribution in [3.8, 4) is 11.5 Å². The summed E-state index contributed by atoms with van der Waals surface area (Å²) in [6, 6.07) is 10.2. The van der Waals surface area contributed by atoms with E-state index in [9.17, 15) is 19.7 Å². The van der Waals surface area contributed by atoms with Crippen LogP contribution in [0.2, 0.25) is 0 Å². The standard InChI is InChI=1S/C19H15N3O6S2/c1-27-14-8-3-11(9-15(14)28-2)10-16-18(24)21(19(29)30-16)20-17(23)12-4-6-13(7-5-12)22(25)26/h3-10H,1-2H3,(H,20,23)/b16-10+. The molecular formula is C19H15N3O6S2. The molecule has 1 saturated heterocycles. The fraction of sp³-hybridized carbons (Fsp3) is 0.105. The topological polar surface area (TPSA) is 111 Å². The van der Waals surface area contributed by atoms with Gasteiger partial charge < -0.3 is 9.47 Å². The Morgan fingerprint density at radius 1 is 1.17 bits per heavy atom. The molecule has 1 aliphatic rings. The molecule has 9 nitrogen and oxygen atoms in total. The van der Waals surface area contributed by atoms with Crippen LogP contribution in [-0.4, -0.2) is 40.3 Å². The van der Waals surface area contributed by atoms with Gasteiger partial charge in [-0.05, 0) is 48.1 Å². The molecule has 11 heteroatoms. The molecule has 0 unspecified atom stereocenters. The number of carbonyl (C=O) groups excluding carboxylic acids is 2. The lowest BCUT2D eigenvalue weighted by Crippen LogP contribution is -2.44. The van der Waals surface area contributed by atoms with Crippen LogP contribution in [0.25, 0.3) is 6.08 Å². The lowest BCUT2D eigenvalue weighted by molar-refractivity contribution is -0.384. The number of non-ortho nitro benzene ring substituents is 1. The summed E-state index contributed by atoms with van der Waals surface area (Å²) < 4.78 is 10.6. The molecule has 1 fully saturated rings. The van der Waals surface area contributed by atoms with E-state index in [0.29, 0.717) is 22.0 Å². The number of carbonyl (C=O) groups is 2. The predicted molar refractivity (Wildman–Crippen MR) is 115 cm³/mol. The van der Waals surface area contributed by atoms with Crippen molar-refractivity contribution in [2.45, 2.75) is 0 Å². The molecule has 0 saturated carbocycles. The van der Waals surface area contributed by atoms with E-state index in [-0.39, 0.29) is 15.6 Å². The monoisotopic (exact) mass is 445 g/mol. The van der Waals surface area contributed by atoms with Crippen molar-refractivity contribution < 1.29 is 24.0 Å². The number of thiocarbonyl (C=S) groups is 1. The lowest BCUT2D eigenvalue weighted by Gasteiger charge is -2.15. The van der Waals surface area contributed by atoms with Gasteiger partial charge in [0, 0.05) is 17.7 Å². The molecule has 0 radical (unpaired) electrons. The second-order valence-corrected chi connectivity index (χ2v) is 7.55. The summed E-state index contributed by atoms with van der Waals surface area (Å²) in [5.41, 5.74) is 3.12. The fourth-order valence-electron chi connectivity index (χ4n) is 2.56. The molecule has 30 heavy (non-hydrogen) atoms. The van der Waals surface area contributed by atoms with Gasteiger partial charge in [-0.25, -0.2) is 0 Å². The lowest BCUT2D eigenvalue weighted by atomic mass is 10.2. The summed E-state index contributed by atoms with van der Waals surface area (Å²) in [7, 11) is 3.03. The Balaban J connectivity index is 1.76. The van der Waals surface area contributed by atoms with Gasteiger partial charge in [0.2, 0.25) is 0 Å². The van der Waals surface area contributed by atoms with Crippen molar-refractivity contribution in [2.24, 2.45) is 0 Å². The van der Waals surface area contributed by atoms with Crippen LogP contribution >= 0.6 is 24.0 Å². The maximum absolute atomic E-state index is 12.7. The van der Waals surface area contributed by atoms with Crippen molar-refractivity contribution in [2.75, 3.05) is 14.2 Å². The summed E-state index contributed by atoms with van der Waals surface area (Å²) in [5, 5.41) is 11.7. The molecule has 1 N–H and O–H groups in total. The molecule has 0 aromatic heterocycles.